The molecule has 1 saturated heterocycles. The maximum absolute atomic E-state index is 12.3. The van der Waals surface area contributed by atoms with Crippen molar-refractivity contribution in [3.8, 4) is 0 Å². The smallest absolute Gasteiger partial charge is 0.142 e. The molecule has 0 aromatic rings. The molecule has 1 saturated carbocycles. The summed E-state index contributed by atoms with van der Waals surface area (Å²) in [4.78, 5) is 14.8. The third-order valence-corrected chi connectivity index (χ3v) is 4.86. The van der Waals surface area contributed by atoms with Crippen molar-refractivity contribution >= 4 is 5.78 Å². The zero-order valence-electron chi connectivity index (χ0n) is 11.8. The van der Waals surface area contributed by atoms with E-state index in [2.05, 4.69) is 32.6 Å². The molecule has 0 bridgehead atoms. The highest BCUT2D eigenvalue weighted by atomic mass is 16.1. The molecule has 0 spiro atoms. The number of hydrogen-bond acceptors (Lipinski definition) is 2. The van der Waals surface area contributed by atoms with Gasteiger partial charge in [0, 0.05) is 30.5 Å². The van der Waals surface area contributed by atoms with E-state index in [0.29, 0.717) is 17.7 Å². The van der Waals surface area contributed by atoms with Gasteiger partial charge in [-0.15, -0.1) is 0 Å². The van der Waals surface area contributed by atoms with Gasteiger partial charge in [0.05, 0.1) is 0 Å². The summed E-state index contributed by atoms with van der Waals surface area (Å²) in [6.07, 6.45) is 4.82. The van der Waals surface area contributed by atoms with Crippen molar-refractivity contribution in [2.24, 2.45) is 17.3 Å². The molecular weight excluding hydrogens is 210 g/mol. The fraction of sp³-hybridized carbons (Fsp3) is 0.933. The van der Waals surface area contributed by atoms with Gasteiger partial charge < -0.3 is 0 Å². The fourth-order valence-corrected chi connectivity index (χ4v) is 3.43. The van der Waals surface area contributed by atoms with Crippen molar-refractivity contribution in [2.75, 3.05) is 13.1 Å². The first-order valence-electron chi connectivity index (χ1n) is 7.18. The van der Waals surface area contributed by atoms with Gasteiger partial charge in [-0.25, -0.2) is 0 Å². The molecule has 0 aromatic carbocycles. The average Bonchev–Trinajstić information content (AvgIpc) is 2.51. The summed E-state index contributed by atoms with van der Waals surface area (Å²) in [7, 11) is 0. The van der Waals surface area contributed by atoms with Crippen LogP contribution in [0.5, 0.6) is 0 Å². The van der Waals surface area contributed by atoms with Gasteiger partial charge in [0.15, 0.2) is 0 Å². The van der Waals surface area contributed by atoms with Crippen molar-refractivity contribution < 1.29 is 4.79 Å². The first-order chi connectivity index (χ1) is 7.90. The van der Waals surface area contributed by atoms with Crippen LogP contribution in [0.2, 0.25) is 0 Å². The van der Waals surface area contributed by atoms with Gasteiger partial charge in [-0.2, -0.15) is 0 Å². The Labute approximate surface area is 106 Å². The van der Waals surface area contributed by atoms with Crippen LogP contribution in [0.15, 0.2) is 0 Å². The highest BCUT2D eigenvalue weighted by Gasteiger charge is 2.41. The van der Waals surface area contributed by atoms with E-state index in [1.54, 1.807) is 0 Å². The molecule has 1 aliphatic heterocycles. The third-order valence-electron chi connectivity index (χ3n) is 4.86. The van der Waals surface area contributed by atoms with Crippen molar-refractivity contribution in [3.63, 3.8) is 0 Å². The summed E-state index contributed by atoms with van der Waals surface area (Å²) >= 11 is 0. The first-order valence-corrected chi connectivity index (χ1v) is 7.18. The summed E-state index contributed by atoms with van der Waals surface area (Å²) in [6, 6.07) is 0.669. The monoisotopic (exact) mass is 237 g/mol. The maximum atomic E-state index is 12.3. The molecule has 98 valence electrons. The van der Waals surface area contributed by atoms with E-state index in [0.717, 1.165) is 25.3 Å². The Hall–Kier alpha value is -0.370. The highest BCUT2D eigenvalue weighted by Crippen LogP contribution is 2.38. The maximum Gasteiger partial charge on any atom is 0.142 e. The minimum absolute atomic E-state index is 0.0602. The second-order valence-electron chi connectivity index (χ2n) is 6.97. The Bertz CT molecular complexity index is 297. The lowest BCUT2D eigenvalue weighted by Crippen LogP contribution is -2.44. The quantitative estimate of drug-likeness (QED) is 0.735. The van der Waals surface area contributed by atoms with Gasteiger partial charge in [-0.1, -0.05) is 20.8 Å². The number of ketones is 1. The average molecular weight is 237 g/mol. The van der Waals surface area contributed by atoms with Gasteiger partial charge in [-0.05, 0) is 38.5 Å². The van der Waals surface area contributed by atoms with E-state index >= 15 is 0 Å². The minimum Gasteiger partial charge on any atom is -0.300 e. The van der Waals surface area contributed by atoms with Crippen molar-refractivity contribution in [1.29, 1.82) is 0 Å². The van der Waals surface area contributed by atoms with Crippen LogP contribution in [-0.2, 0) is 4.79 Å². The van der Waals surface area contributed by atoms with Crippen LogP contribution >= 0.6 is 0 Å². The molecule has 0 radical (unpaired) electrons. The molecular formula is C15H27NO. The summed E-state index contributed by atoms with van der Waals surface area (Å²) in [5, 5.41) is 0. The van der Waals surface area contributed by atoms with Gasteiger partial charge in [-0.3, -0.25) is 9.69 Å². The lowest BCUT2D eigenvalue weighted by molar-refractivity contribution is -0.128. The predicted octanol–water partition coefficient (Wildman–Crippen LogP) is 3.11. The largest absolute Gasteiger partial charge is 0.300 e. The Morgan fingerprint density at radius 1 is 1.24 bits per heavy atom. The standard InChI is InChI=1S/C15H27NO/c1-11-5-6-12(2)16(9-11)10-13-7-8-15(3,4)14(13)17/h11-13H,5-10H2,1-4H3. The molecule has 2 fully saturated rings. The number of carbonyl (C=O) groups is 1. The van der Waals surface area contributed by atoms with E-state index in [-0.39, 0.29) is 5.41 Å². The number of rotatable bonds is 2. The second kappa shape index (κ2) is 4.72. The van der Waals surface area contributed by atoms with E-state index in [1.165, 1.54) is 19.4 Å². The lowest BCUT2D eigenvalue weighted by atomic mass is 9.88. The molecule has 2 rings (SSSR count). The van der Waals surface area contributed by atoms with Crippen LogP contribution in [0, 0.1) is 17.3 Å². The lowest BCUT2D eigenvalue weighted by Gasteiger charge is -2.38. The number of Topliss-reactive ketones (excluding diaryl/α,β-unsaturated/α-hetero) is 1. The number of nitrogens with zero attached hydrogens (tertiary/aromatic N) is 1. The van der Waals surface area contributed by atoms with Gasteiger partial charge in [0.25, 0.3) is 0 Å². The van der Waals surface area contributed by atoms with E-state index < -0.39 is 0 Å². The topological polar surface area (TPSA) is 20.3 Å². The number of likely N-dealkylation sites (tertiary alicyclic amines) is 1. The Balaban J connectivity index is 1.95. The Morgan fingerprint density at radius 3 is 2.53 bits per heavy atom. The number of piperidine rings is 1. The van der Waals surface area contributed by atoms with Crippen molar-refractivity contribution in [2.45, 2.75) is 59.4 Å². The first kappa shape index (κ1) is 13.1. The molecule has 0 aromatic heterocycles. The van der Waals surface area contributed by atoms with E-state index in [9.17, 15) is 4.79 Å². The third kappa shape index (κ3) is 2.73. The van der Waals surface area contributed by atoms with Gasteiger partial charge >= 0.3 is 0 Å². The molecule has 2 nitrogen and oxygen atoms in total. The van der Waals surface area contributed by atoms with Gasteiger partial charge in [0.1, 0.15) is 5.78 Å². The molecule has 0 amide bonds. The van der Waals surface area contributed by atoms with Crippen LogP contribution in [0.1, 0.15) is 53.4 Å². The van der Waals surface area contributed by atoms with Crippen LogP contribution in [0.3, 0.4) is 0 Å². The number of carbonyl (C=O) groups excluding carboxylic acids is 1. The molecule has 3 atom stereocenters. The van der Waals surface area contributed by atoms with Crippen LogP contribution in [0.4, 0.5) is 0 Å². The van der Waals surface area contributed by atoms with E-state index in [4.69, 9.17) is 0 Å². The van der Waals surface area contributed by atoms with Crippen LogP contribution in [-0.4, -0.2) is 29.8 Å². The van der Waals surface area contributed by atoms with Crippen LogP contribution < -0.4 is 0 Å². The second-order valence-corrected chi connectivity index (χ2v) is 6.97. The fourth-order valence-electron chi connectivity index (χ4n) is 3.43. The van der Waals surface area contributed by atoms with E-state index in [1.807, 2.05) is 0 Å². The molecule has 0 N–H and O–H groups in total. The molecule has 17 heavy (non-hydrogen) atoms. The van der Waals surface area contributed by atoms with Crippen LogP contribution in [0.25, 0.3) is 0 Å². The predicted molar refractivity (Wildman–Crippen MR) is 70.9 cm³/mol. The summed E-state index contributed by atoms with van der Waals surface area (Å²) in [6.45, 7) is 11.1. The normalized spacial score (nSPS) is 38.6. The Kier molecular flexibility index (Phi) is 3.63. The minimum atomic E-state index is -0.0602. The molecule has 2 aliphatic rings. The highest BCUT2D eigenvalue weighted by molar-refractivity contribution is 5.88. The zero-order chi connectivity index (χ0) is 12.6. The molecule has 1 aliphatic carbocycles. The molecule has 2 heteroatoms. The number of hydrogen-bond donors (Lipinski definition) is 0. The summed E-state index contributed by atoms with van der Waals surface area (Å²) in [5.41, 5.74) is -0.0602. The molecule has 3 unspecified atom stereocenters. The zero-order valence-corrected chi connectivity index (χ0v) is 11.8. The molecule has 1 heterocycles. The summed E-state index contributed by atoms with van der Waals surface area (Å²) < 4.78 is 0. The van der Waals surface area contributed by atoms with Crippen molar-refractivity contribution in [3.05, 3.63) is 0 Å². The Morgan fingerprint density at radius 2 is 1.94 bits per heavy atom. The SMILES string of the molecule is CC1CCC(C)N(CC2CCC(C)(C)C2=O)C1. The summed E-state index contributed by atoms with van der Waals surface area (Å²) in [5.74, 6) is 1.61. The van der Waals surface area contributed by atoms with Gasteiger partial charge in [0.2, 0.25) is 0 Å². The van der Waals surface area contributed by atoms with Crippen molar-refractivity contribution in [1.82, 2.24) is 4.90 Å².